The van der Waals surface area contributed by atoms with Crippen molar-refractivity contribution in [2.24, 2.45) is 0 Å². The molecular weight excluding hydrogens is 236 g/mol. The smallest absolute Gasteiger partial charge is 0.339 e. The predicted octanol–water partition coefficient (Wildman–Crippen LogP) is 1.95. The van der Waals surface area contributed by atoms with Crippen LogP contribution in [-0.4, -0.2) is 38.0 Å². The van der Waals surface area contributed by atoms with Gasteiger partial charge < -0.3 is 19.3 Å². The highest BCUT2D eigenvalue weighted by Crippen LogP contribution is 2.20. The first kappa shape index (κ1) is 14.5. The first-order valence-electron chi connectivity index (χ1n) is 5.74. The van der Waals surface area contributed by atoms with Crippen LogP contribution in [0.5, 0.6) is 5.75 Å². The van der Waals surface area contributed by atoms with Crippen LogP contribution in [0.1, 0.15) is 22.8 Å². The largest absolute Gasteiger partial charge is 0.496 e. The van der Waals surface area contributed by atoms with Crippen LogP contribution in [0.15, 0.2) is 18.2 Å². The van der Waals surface area contributed by atoms with Gasteiger partial charge in [-0.25, -0.2) is 4.79 Å². The Hall–Kier alpha value is -1.59. The van der Waals surface area contributed by atoms with Gasteiger partial charge in [0.1, 0.15) is 11.3 Å². The van der Waals surface area contributed by atoms with Crippen molar-refractivity contribution in [3.63, 3.8) is 0 Å². The summed E-state index contributed by atoms with van der Waals surface area (Å²) in [6, 6.07) is 4.97. The van der Waals surface area contributed by atoms with Crippen molar-refractivity contribution in [2.75, 3.05) is 26.9 Å². The Morgan fingerprint density at radius 3 is 2.61 bits per heavy atom. The van der Waals surface area contributed by atoms with Crippen molar-refractivity contribution in [3.8, 4) is 5.75 Å². The first-order chi connectivity index (χ1) is 8.69. The van der Waals surface area contributed by atoms with Gasteiger partial charge in [0.05, 0.1) is 26.9 Å². The van der Waals surface area contributed by atoms with Crippen molar-refractivity contribution in [3.05, 3.63) is 29.3 Å². The third kappa shape index (κ3) is 4.35. The number of ether oxygens (including phenoxy) is 3. The molecule has 0 aliphatic heterocycles. The van der Waals surface area contributed by atoms with E-state index in [1.54, 1.807) is 18.2 Å². The third-order valence-electron chi connectivity index (χ3n) is 2.34. The second-order valence-electron chi connectivity index (χ2n) is 3.59. The van der Waals surface area contributed by atoms with Gasteiger partial charge in [-0.3, -0.25) is 0 Å². The Morgan fingerprint density at radius 1 is 1.28 bits per heavy atom. The standard InChI is InChI=1S/C13H18O5/c1-3-17-6-7-18-9-10-4-5-12(16-2)11(8-10)13(14)15/h4-5,8H,3,6-7,9H2,1-2H3,(H,14,15). The molecule has 0 radical (unpaired) electrons. The van der Waals surface area contributed by atoms with Gasteiger partial charge in [0.25, 0.3) is 0 Å². The van der Waals surface area contributed by atoms with Crippen LogP contribution < -0.4 is 4.74 Å². The molecule has 0 atom stereocenters. The zero-order valence-corrected chi connectivity index (χ0v) is 10.6. The van der Waals surface area contributed by atoms with Crippen molar-refractivity contribution in [1.82, 2.24) is 0 Å². The minimum Gasteiger partial charge on any atom is -0.496 e. The average molecular weight is 254 g/mol. The minimum atomic E-state index is -1.01. The highest BCUT2D eigenvalue weighted by atomic mass is 16.5. The van der Waals surface area contributed by atoms with Crippen LogP contribution in [0.25, 0.3) is 0 Å². The third-order valence-corrected chi connectivity index (χ3v) is 2.34. The summed E-state index contributed by atoms with van der Waals surface area (Å²) >= 11 is 0. The van der Waals surface area contributed by atoms with Crippen LogP contribution in [-0.2, 0) is 16.1 Å². The average Bonchev–Trinajstić information content (AvgIpc) is 2.38. The van der Waals surface area contributed by atoms with Crippen molar-refractivity contribution >= 4 is 5.97 Å². The molecule has 5 nitrogen and oxygen atoms in total. The molecule has 0 amide bonds. The minimum absolute atomic E-state index is 0.142. The lowest BCUT2D eigenvalue weighted by molar-refractivity contribution is 0.0452. The molecule has 100 valence electrons. The molecule has 0 aromatic heterocycles. The van der Waals surface area contributed by atoms with E-state index in [0.717, 1.165) is 5.56 Å². The molecule has 1 N–H and O–H groups in total. The lowest BCUT2D eigenvalue weighted by Gasteiger charge is -2.08. The number of hydrogen-bond acceptors (Lipinski definition) is 4. The van der Waals surface area contributed by atoms with Crippen LogP contribution in [0.4, 0.5) is 0 Å². The zero-order chi connectivity index (χ0) is 13.4. The molecule has 0 saturated heterocycles. The molecule has 0 heterocycles. The van der Waals surface area contributed by atoms with E-state index in [9.17, 15) is 4.79 Å². The molecule has 0 aliphatic carbocycles. The maximum absolute atomic E-state index is 11.0. The number of carboxylic acids is 1. The Morgan fingerprint density at radius 2 is 2.00 bits per heavy atom. The van der Waals surface area contributed by atoms with E-state index in [-0.39, 0.29) is 5.56 Å². The van der Waals surface area contributed by atoms with Crippen LogP contribution >= 0.6 is 0 Å². The highest BCUT2D eigenvalue weighted by molar-refractivity contribution is 5.91. The van der Waals surface area contributed by atoms with Crippen LogP contribution in [0.2, 0.25) is 0 Å². The van der Waals surface area contributed by atoms with Gasteiger partial charge in [0, 0.05) is 6.61 Å². The number of hydrogen-bond donors (Lipinski definition) is 1. The second kappa shape index (κ2) is 7.68. The number of rotatable bonds is 8. The normalized spacial score (nSPS) is 10.3. The summed E-state index contributed by atoms with van der Waals surface area (Å²) in [6.07, 6.45) is 0. The van der Waals surface area contributed by atoms with Gasteiger partial charge in [0.2, 0.25) is 0 Å². The molecule has 0 aliphatic rings. The topological polar surface area (TPSA) is 65.0 Å². The van der Waals surface area contributed by atoms with Crippen LogP contribution in [0.3, 0.4) is 0 Å². The lowest BCUT2D eigenvalue weighted by atomic mass is 10.1. The summed E-state index contributed by atoms with van der Waals surface area (Å²) in [5.74, 6) is -0.663. The molecule has 1 rings (SSSR count). The van der Waals surface area contributed by atoms with Gasteiger partial charge >= 0.3 is 5.97 Å². The maximum atomic E-state index is 11.0. The Balaban J connectivity index is 2.56. The molecule has 0 spiro atoms. The number of aromatic carboxylic acids is 1. The predicted molar refractivity (Wildman–Crippen MR) is 66.1 cm³/mol. The van der Waals surface area contributed by atoms with Crippen LogP contribution in [0, 0.1) is 0 Å². The Kier molecular flexibility index (Phi) is 6.18. The molecular formula is C13H18O5. The van der Waals surface area contributed by atoms with Crippen molar-refractivity contribution < 1.29 is 24.1 Å². The maximum Gasteiger partial charge on any atom is 0.339 e. The van der Waals surface area contributed by atoms with E-state index in [1.807, 2.05) is 6.92 Å². The van der Waals surface area contributed by atoms with Gasteiger partial charge in [-0.1, -0.05) is 6.07 Å². The van der Waals surface area contributed by atoms with E-state index >= 15 is 0 Å². The molecule has 5 heteroatoms. The number of benzene rings is 1. The quantitative estimate of drug-likeness (QED) is 0.718. The Bertz CT molecular complexity index is 389. The summed E-state index contributed by atoms with van der Waals surface area (Å²) in [5.41, 5.74) is 0.938. The van der Waals surface area contributed by atoms with E-state index < -0.39 is 5.97 Å². The van der Waals surface area contributed by atoms with E-state index in [2.05, 4.69) is 0 Å². The summed E-state index contributed by atoms with van der Waals surface area (Å²) in [7, 11) is 1.44. The molecule has 1 aromatic rings. The zero-order valence-electron chi connectivity index (χ0n) is 10.6. The SMILES string of the molecule is CCOCCOCc1ccc(OC)c(C(=O)O)c1. The fourth-order valence-electron chi connectivity index (χ4n) is 1.46. The van der Waals surface area contributed by atoms with E-state index in [0.29, 0.717) is 32.2 Å². The molecule has 1 aromatic carbocycles. The first-order valence-corrected chi connectivity index (χ1v) is 5.74. The summed E-state index contributed by atoms with van der Waals surface area (Å²) in [4.78, 5) is 11.0. The number of carbonyl (C=O) groups is 1. The summed E-state index contributed by atoms with van der Waals surface area (Å²) in [5, 5.41) is 9.02. The second-order valence-corrected chi connectivity index (χ2v) is 3.59. The number of methoxy groups -OCH3 is 1. The van der Waals surface area contributed by atoms with E-state index in [1.165, 1.54) is 7.11 Å². The summed E-state index contributed by atoms with van der Waals surface area (Å²) < 4.78 is 15.5. The van der Waals surface area contributed by atoms with Crippen molar-refractivity contribution in [2.45, 2.75) is 13.5 Å². The fourth-order valence-corrected chi connectivity index (χ4v) is 1.46. The molecule has 0 fully saturated rings. The van der Waals surface area contributed by atoms with Gasteiger partial charge in [-0.2, -0.15) is 0 Å². The monoisotopic (exact) mass is 254 g/mol. The van der Waals surface area contributed by atoms with Gasteiger partial charge in [0.15, 0.2) is 0 Å². The van der Waals surface area contributed by atoms with Gasteiger partial charge in [-0.15, -0.1) is 0 Å². The highest BCUT2D eigenvalue weighted by Gasteiger charge is 2.11. The lowest BCUT2D eigenvalue weighted by Crippen LogP contribution is -2.05. The fraction of sp³-hybridized carbons (Fsp3) is 0.462. The van der Waals surface area contributed by atoms with E-state index in [4.69, 9.17) is 19.3 Å². The summed E-state index contributed by atoms with van der Waals surface area (Å²) in [6.45, 7) is 3.97. The van der Waals surface area contributed by atoms with Gasteiger partial charge in [-0.05, 0) is 24.6 Å². The molecule has 0 unspecified atom stereocenters. The molecule has 0 saturated carbocycles. The number of carboxylic acid groups (broad SMARTS) is 1. The molecule has 18 heavy (non-hydrogen) atoms. The Labute approximate surface area is 106 Å². The van der Waals surface area contributed by atoms with Crippen molar-refractivity contribution in [1.29, 1.82) is 0 Å². The molecule has 0 bridgehead atoms.